The largest absolute Gasteiger partial charge is 0.444 e. The lowest BCUT2D eigenvalue weighted by atomic mass is 10.0. The molecule has 1 saturated heterocycles. The number of aromatic nitrogens is 2. The van der Waals surface area contributed by atoms with E-state index in [1.807, 2.05) is 58.9 Å². The molecular weight excluding hydrogens is 354 g/mol. The van der Waals surface area contributed by atoms with Crippen molar-refractivity contribution in [2.24, 2.45) is 0 Å². The molecule has 3 rings (SSSR count). The quantitative estimate of drug-likeness (QED) is 0.818. The third-order valence-corrected chi connectivity index (χ3v) is 4.56. The minimum atomic E-state index is -0.765. The topological polar surface area (TPSA) is 67.5 Å². The maximum absolute atomic E-state index is 12.8. The summed E-state index contributed by atoms with van der Waals surface area (Å²) in [6.07, 6.45) is 1.34. The van der Waals surface area contributed by atoms with Crippen molar-refractivity contribution in [3.63, 3.8) is 0 Å². The molecule has 1 fully saturated rings. The van der Waals surface area contributed by atoms with Crippen LogP contribution < -0.4 is 0 Å². The van der Waals surface area contributed by atoms with Gasteiger partial charge in [-0.3, -0.25) is 10.00 Å². The van der Waals surface area contributed by atoms with E-state index >= 15 is 0 Å². The second-order valence-corrected chi connectivity index (χ2v) is 8.23. The summed E-state index contributed by atoms with van der Waals surface area (Å²) in [5, 5.41) is 7.59. The van der Waals surface area contributed by atoms with Crippen LogP contribution in [0.3, 0.4) is 0 Å². The molecule has 0 bridgehead atoms. The summed E-state index contributed by atoms with van der Waals surface area (Å²) in [6.45, 7) is 9.65. The summed E-state index contributed by atoms with van der Waals surface area (Å²) in [7, 11) is 0. The Morgan fingerprint density at radius 2 is 2.12 bits per heavy atom. The zero-order chi connectivity index (χ0) is 19.1. The average molecular weight is 378 g/mol. The highest BCUT2D eigenvalue weighted by atomic mass is 35.5. The van der Waals surface area contributed by atoms with Crippen LogP contribution in [-0.4, -0.2) is 39.1 Å². The van der Waals surface area contributed by atoms with Crippen molar-refractivity contribution in [3.8, 4) is 11.3 Å². The number of carbonyl (C=O) groups excluding carboxylic acids is 1. The van der Waals surface area contributed by atoms with Crippen LogP contribution >= 0.6 is 11.6 Å². The Labute approximate surface area is 158 Å². The summed E-state index contributed by atoms with van der Waals surface area (Å²) in [5.74, 6) is 0. The van der Waals surface area contributed by atoms with Gasteiger partial charge in [-0.05, 0) is 58.4 Å². The van der Waals surface area contributed by atoms with Crippen LogP contribution in [0.5, 0.6) is 0 Å². The third-order valence-electron chi connectivity index (χ3n) is 4.23. The summed E-state index contributed by atoms with van der Waals surface area (Å²) in [5.41, 5.74) is 1.13. The van der Waals surface area contributed by atoms with Gasteiger partial charge in [0.1, 0.15) is 11.3 Å². The van der Waals surface area contributed by atoms with E-state index in [1.54, 1.807) is 11.1 Å². The first-order chi connectivity index (χ1) is 12.1. The Bertz CT molecular complexity index is 797. The van der Waals surface area contributed by atoms with Crippen LogP contribution in [-0.2, 0) is 9.47 Å². The third kappa shape index (κ3) is 3.71. The van der Waals surface area contributed by atoms with Gasteiger partial charge in [0.15, 0.2) is 0 Å². The van der Waals surface area contributed by atoms with Gasteiger partial charge < -0.3 is 9.47 Å². The number of nitrogens with zero attached hydrogens (tertiary/aromatic N) is 2. The number of hydrogen-bond donors (Lipinski definition) is 1. The number of benzene rings is 1. The van der Waals surface area contributed by atoms with Gasteiger partial charge in [-0.15, -0.1) is 0 Å². The molecule has 0 aliphatic carbocycles. The highest BCUT2D eigenvalue weighted by Crippen LogP contribution is 2.40. The summed E-state index contributed by atoms with van der Waals surface area (Å²) in [4.78, 5) is 14.5. The van der Waals surface area contributed by atoms with Gasteiger partial charge in [-0.1, -0.05) is 17.7 Å². The van der Waals surface area contributed by atoms with Gasteiger partial charge >= 0.3 is 6.09 Å². The molecule has 1 aromatic carbocycles. The SMILES string of the molecule is CC(C)(C)OC(=O)N1C(c2ccc(Cl)c(-c3cc[nH]n3)c2)COC1(C)C. The van der Waals surface area contributed by atoms with E-state index in [4.69, 9.17) is 21.1 Å². The van der Waals surface area contributed by atoms with Gasteiger partial charge in [0.2, 0.25) is 0 Å². The zero-order valence-corrected chi connectivity index (χ0v) is 16.4. The summed E-state index contributed by atoms with van der Waals surface area (Å²) in [6, 6.07) is 7.26. The molecule has 2 heterocycles. The van der Waals surface area contributed by atoms with Crippen molar-refractivity contribution in [1.29, 1.82) is 0 Å². The first-order valence-electron chi connectivity index (χ1n) is 8.54. The molecule has 1 aliphatic rings. The van der Waals surface area contributed by atoms with Crippen LogP contribution in [0, 0.1) is 0 Å². The van der Waals surface area contributed by atoms with Crippen molar-refractivity contribution in [1.82, 2.24) is 15.1 Å². The minimum Gasteiger partial charge on any atom is -0.444 e. The van der Waals surface area contributed by atoms with Crippen molar-refractivity contribution in [2.45, 2.75) is 52.0 Å². The minimum absolute atomic E-state index is 0.269. The van der Waals surface area contributed by atoms with Gasteiger partial charge in [-0.2, -0.15) is 5.10 Å². The molecule has 140 valence electrons. The molecule has 0 saturated carbocycles. The summed E-state index contributed by atoms with van der Waals surface area (Å²) < 4.78 is 11.5. The second-order valence-electron chi connectivity index (χ2n) is 7.82. The maximum Gasteiger partial charge on any atom is 0.413 e. The normalized spacial score (nSPS) is 19.6. The number of amides is 1. The fraction of sp³-hybridized carbons (Fsp3) is 0.474. The Hall–Kier alpha value is -2.05. The Morgan fingerprint density at radius 1 is 1.38 bits per heavy atom. The molecule has 26 heavy (non-hydrogen) atoms. The van der Waals surface area contributed by atoms with E-state index in [2.05, 4.69) is 10.2 Å². The Kier molecular flexibility index (Phi) is 4.75. The second kappa shape index (κ2) is 6.59. The molecular formula is C19H24ClN3O3. The number of H-pyrrole nitrogens is 1. The first-order valence-corrected chi connectivity index (χ1v) is 8.92. The molecule has 1 N–H and O–H groups in total. The maximum atomic E-state index is 12.8. The smallest absolute Gasteiger partial charge is 0.413 e. The van der Waals surface area contributed by atoms with Crippen LogP contribution in [0.2, 0.25) is 5.02 Å². The van der Waals surface area contributed by atoms with Crippen LogP contribution in [0.15, 0.2) is 30.5 Å². The van der Waals surface area contributed by atoms with Crippen LogP contribution in [0.1, 0.15) is 46.2 Å². The number of ether oxygens (including phenoxy) is 2. The standard InChI is InChI=1S/C19H24ClN3O3/c1-18(2,3)26-17(24)23-16(11-25-19(23,4)5)12-6-7-14(20)13(10-12)15-8-9-21-22-15/h6-10,16H,11H2,1-5H3,(H,21,22). The van der Waals surface area contributed by atoms with E-state index in [-0.39, 0.29) is 6.04 Å². The number of hydrogen-bond acceptors (Lipinski definition) is 4. The average Bonchev–Trinajstić information content (AvgIpc) is 3.13. The van der Waals surface area contributed by atoms with Gasteiger partial charge in [0.25, 0.3) is 0 Å². The molecule has 0 spiro atoms. The molecule has 7 heteroatoms. The highest BCUT2D eigenvalue weighted by molar-refractivity contribution is 6.33. The predicted octanol–water partition coefficient (Wildman–Crippen LogP) is 4.77. The van der Waals surface area contributed by atoms with Crippen molar-refractivity contribution >= 4 is 17.7 Å². The van der Waals surface area contributed by atoms with Crippen LogP contribution in [0.4, 0.5) is 4.79 Å². The van der Waals surface area contributed by atoms with Crippen LogP contribution in [0.25, 0.3) is 11.3 Å². The molecule has 1 unspecified atom stereocenters. The Balaban J connectivity index is 1.97. The zero-order valence-electron chi connectivity index (χ0n) is 15.7. The van der Waals surface area contributed by atoms with E-state index < -0.39 is 17.4 Å². The number of carbonyl (C=O) groups is 1. The van der Waals surface area contributed by atoms with E-state index in [0.29, 0.717) is 11.6 Å². The fourth-order valence-corrected chi connectivity index (χ4v) is 3.28. The molecule has 1 atom stereocenters. The lowest BCUT2D eigenvalue weighted by molar-refractivity contribution is -0.0626. The van der Waals surface area contributed by atoms with E-state index in [1.165, 1.54) is 0 Å². The molecule has 2 aromatic rings. The van der Waals surface area contributed by atoms with Crippen molar-refractivity contribution < 1.29 is 14.3 Å². The Morgan fingerprint density at radius 3 is 2.73 bits per heavy atom. The molecule has 1 aromatic heterocycles. The predicted molar refractivity (Wildman–Crippen MR) is 99.9 cm³/mol. The molecule has 1 amide bonds. The highest BCUT2D eigenvalue weighted by Gasteiger charge is 2.46. The number of aromatic amines is 1. The number of nitrogens with one attached hydrogen (secondary N) is 1. The molecule has 6 nitrogen and oxygen atoms in total. The number of halogens is 1. The van der Waals surface area contributed by atoms with E-state index in [0.717, 1.165) is 16.8 Å². The van der Waals surface area contributed by atoms with Gasteiger partial charge in [-0.25, -0.2) is 4.79 Å². The molecule has 0 radical (unpaired) electrons. The number of rotatable bonds is 2. The lowest BCUT2D eigenvalue weighted by Gasteiger charge is -2.35. The lowest BCUT2D eigenvalue weighted by Crippen LogP contribution is -2.47. The first kappa shape index (κ1) is 18.7. The van der Waals surface area contributed by atoms with Crippen molar-refractivity contribution in [3.05, 3.63) is 41.0 Å². The fourth-order valence-electron chi connectivity index (χ4n) is 3.06. The van der Waals surface area contributed by atoms with Gasteiger partial charge in [0, 0.05) is 11.8 Å². The monoisotopic (exact) mass is 377 g/mol. The van der Waals surface area contributed by atoms with Crippen molar-refractivity contribution in [2.75, 3.05) is 6.61 Å². The summed E-state index contributed by atoms with van der Waals surface area (Å²) >= 11 is 6.35. The molecule has 1 aliphatic heterocycles. The van der Waals surface area contributed by atoms with E-state index in [9.17, 15) is 4.79 Å². The van der Waals surface area contributed by atoms with Gasteiger partial charge in [0.05, 0.1) is 23.4 Å².